The molecule has 1 saturated heterocycles. The highest BCUT2D eigenvalue weighted by Crippen LogP contribution is 2.43. The Morgan fingerprint density at radius 2 is 1.55 bits per heavy atom. The minimum atomic E-state index is -5.13. The molecule has 3 aliphatic heterocycles. The van der Waals surface area contributed by atoms with Gasteiger partial charge in [0.15, 0.2) is 6.23 Å². The van der Waals surface area contributed by atoms with Crippen LogP contribution in [0.15, 0.2) is 41.4 Å². The minimum Gasteiger partial charge on any atom is -0.459 e. The van der Waals surface area contributed by atoms with Crippen LogP contribution in [0.25, 0.3) is 0 Å². The summed E-state index contributed by atoms with van der Waals surface area (Å²) in [7, 11) is 0. The SMILES string of the molecule is CCOC(=O)N1c2ccc(C(F)(F)F)cc2[C@@H](NC2=NC(CN3CCC[C@H]3C(=O)OC(C)(C)C)ON2Cc2cc(C(F)(F)F)cc(C(F)(F)F)c2)C[C@H]1CC. The van der Waals surface area contributed by atoms with Gasteiger partial charge in [-0.1, -0.05) is 6.92 Å². The molecule has 2 aromatic rings. The van der Waals surface area contributed by atoms with E-state index in [-0.39, 0.29) is 42.8 Å². The molecular formula is C36H42F9N5O5. The number of nitrogens with zero attached hydrogens (tertiary/aromatic N) is 4. The number of hydroxylamine groups is 2. The van der Waals surface area contributed by atoms with Gasteiger partial charge in [0.2, 0.25) is 5.96 Å². The molecule has 0 bridgehead atoms. The maximum Gasteiger partial charge on any atom is 0.416 e. The number of rotatable bonds is 8. The normalized spacial score (nSPS) is 22.4. The van der Waals surface area contributed by atoms with Crippen molar-refractivity contribution in [3.63, 3.8) is 0 Å². The molecule has 1 fully saturated rings. The summed E-state index contributed by atoms with van der Waals surface area (Å²) in [6, 6.07) is 1.60. The molecule has 3 heterocycles. The van der Waals surface area contributed by atoms with E-state index in [0.717, 1.165) is 23.3 Å². The Morgan fingerprint density at radius 3 is 2.11 bits per heavy atom. The van der Waals surface area contributed by atoms with Crippen LogP contribution >= 0.6 is 0 Å². The zero-order valence-electron chi connectivity index (χ0n) is 30.7. The monoisotopic (exact) mass is 795 g/mol. The Balaban J connectivity index is 1.54. The van der Waals surface area contributed by atoms with E-state index in [2.05, 4.69) is 10.3 Å². The number of amides is 1. The second kappa shape index (κ2) is 15.7. The molecule has 3 aliphatic rings. The van der Waals surface area contributed by atoms with Gasteiger partial charge in [-0.2, -0.15) is 39.5 Å². The molecule has 0 saturated carbocycles. The van der Waals surface area contributed by atoms with Gasteiger partial charge in [-0.3, -0.25) is 14.6 Å². The van der Waals surface area contributed by atoms with E-state index in [9.17, 15) is 49.1 Å². The number of guanidine groups is 1. The quantitative estimate of drug-likeness (QED) is 0.210. The summed E-state index contributed by atoms with van der Waals surface area (Å²) in [4.78, 5) is 39.7. The highest BCUT2D eigenvalue weighted by molar-refractivity contribution is 5.91. The van der Waals surface area contributed by atoms with E-state index in [0.29, 0.717) is 37.9 Å². The van der Waals surface area contributed by atoms with Crippen LogP contribution in [0.2, 0.25) is 0 Å². The fourth-order valence-corrected chi connectivity index (χ4v) is 6.89. The summed E-state index contributed by atoms with van der Waals surface area (Å²) in [5.74, 6) is -0.696. The molecule has 0 aliphatic carbocycles. The average Bonchev–Trinajstić information content (AvgIpc) is 3.68. The Hall–Kier alpha value is -4.26. The zero-order valence-corrected chi connectivity index (χ0v) is 30.7. The lowest BCUT2D eigenvalue weighted by Gasteiger charge is -2.41. The summed E-state index contributed by atoms with van der Waals surface area (Å²) >= 11 is 0. The number of carbonyl (C=O) groups excluding carboxylic acids is 2. The van der Waals surface area contributed by atoms with Crippen molar-refractivity contribution in [2.24, 2.45) is 4.99 Å². The first-order valence-electron chi connectivity index (χ1n) is 17.7. The summed E-state index contributed by atoms with van der Waals surface area (Å²) in [6.07, 6.45) is -15.6. The number of likely N-dealkylation sites (tertiary alicyclic amines) is 1. The topological polar surface area (TPSA) is 95.9 Å². The Morgan fingerprint density at radius 1 is 0.909 bits per heavy atom. The summed E-state index contributed by atoms with van der Waals surface area (Å²) in [5.41, 5.74) is -5.25. The molecule has 5 rings (SSSR count). The fourth-order valence-electron chi connectivity index (χ4n) is 6.89. The molecule has 1 unspecified atom stereocenters. The van der Waals surface area contributed by atoms with Crippen molar-refractivity contribution in [3.8, 4) is 0 Å². The van der Waals surface area contributed by atoms with Crippen LogP contribution in [0.3, 0.4) is 0 Å². The van der Waals surface area contributed by atoms with Crippen LogP contribution in [0.5, 0.6) is 0 Å². The van der Waals surface area contributed by atoms with Crippen molar-refractivity contribution >= 4 is 23.7 Å². The number of aliphatic imine (C=N–C) groups is 1. The number of esters is 1. The van der Waals surface area contributed by atoms with Gasteiger partial charge < -0.3 is 14.8 Å². The standard InChI is InChI=1S/C36H42F9N5O5/c1-6-24-17-26(25-16-21(34(37,38)39)10-11-27(25)50(24)32(52)53-7-2)46-31-47-29(19-48-12-8-9-28(48)30(51)54-33(3,4)5)55-49(31)18-20-13-22(35(40,41)42)15-23(14-20)36(43,44)45/h10-11,13-16,24,26,28-29H,6-9,12,17-19H2,1-5H3,(H,46,47)/t24-,26+,28+,29?/m1/s1. The third kappa shape index (κ3) is 9.95. The van der Waals surface area contributed by atoms with E-state index in [1.807, 2.05) is 0 Å². The molecule has 304 valence electrons. The van der Waals surface area contributed by atoms with Crippen LogP contribution in [-0.2, 0) is 44.2 Å². The van der Waals surface area contributed by atoms with Crippen LogP contribution in [0.4, 0.5) is 50.0 Å². The zero-order chi connectivity index (χ0) is 40.7. The van der Waals surface area contributed by atoms with Gasteiger partial charge in [-0.15, -0.1) is 0 Å². The van der Waals surface area contributed by atoms with Crippen molar-refractivity contribution in [1.82, 2.24) is 15.3 Å². The molecule has 10 nitrogen and oxygen atoms in total. The highest BCUT2D eigenvalue weighted by Gasteiger charge is 2.43. The van der Waals surface area contributed by atoms with E-state index < -0.39 is 89.3 Å². The molecular weight excluding hydrogens is 753 g/mol. The first kappa shape index (κ1) is 41.9. The van der Waals surface area contributed by atoms with Crippen LogP contribution < -0.4 is 10.2 Å². The van der Waals surface area contributed by atoms with Gasteiger partial charge in [0.1, 0.15) is 11.6 Å². The number of halogens is 9. The molecule has 4 atom stereocenters. The van der Waals surface area contributed by atoms with Gasteiger partial charge in [0.25, 0.3) is 0 Å². The molecule has 0 radical (unpaired) electrons. The summed E-state index contributed by atoms with van der Waals surface area (Å²) in [6.45, 7) is 8.12. The lowest BCUT2D eigenvalue weighted by Crippen LogP contribution is -2.49. The van der Waals surface area contributed by atoms with Crippen molar-refractivity contribution in [1.29, 1.82) is 0 Å². The highest BCUT2D eigenvalue weighted by atomic mass is 19.4. The number of nitrogens with one attached hydrogen (secondary N) is 1. The number of ether oxygens (including phenoxy) is 2. The molecule has 2 aromatic carbocycles. The van der Waals surface area contributed by atoms with Gasteiger partial charge in [-0.05, 0) is 107 Å². The number of alkyl halides is 9. The number of carbonyl (C=O) groups is 2. The van der Waals surface area contributed by atoms with Crippen molar-refractivity contribution in [2.45, 2.75) is 115 Å². The molecule has 0 aromatic heterocycles. The maximum atomic E-state index is 14.0. The van der Waals surface area contributed by atoms with Gasteiger partial charge in [0.05, 0.1) is 41.6 Å². The van der Waals surface area contributed by atoms with Crippen LogP contribution in [0, 0.1) is 0 Å². The molecule has 1 amide bonds. The Labute approximate surface area is 311 Å². The van der Waals surface area contributed by atoms with Crippen LogP contribution in [0.1, 0.15) is 94.2 Å². The van der Waals surface area contributed by atoms with E-state index in [4.69, 9.17) is 14.3 Å². The Kier molecular flexibility index (Phi) is 12.0. The molecule has 55 heavy (non-hydrogen) atoms. The van der Waals surface area contributed by atoms with Crippen molar-refractivity contribution < 1.29 is 63.4 Å². The van der Waals surface area contributed by atoms with Crippen LogP contribution in [-0.4, -0.2) is 71.6 Å². The molecule has 1 N–H and O–H groups in total. The van der Waals surface area contributed by atoms with Gasteiger partial charge in [-0.25, -0.2) is 19.7 Å². The number of benzene rings is 2. The van der Waals surface area contributed by atoms with E-state index in [1.54, 1.807) is 39.5 Å². The predicted molar refractivity (Wildman–Crippen MR) is 180 cm³/mol. The van der Waals surface area contributed by atoms with Gasteiger partial charge >= 0.3 is 30.6 Å². The van der Waals surface area contributed by atoms with Gasteiger partial charge in [0, 0.05) is 12.6 Å². The Bertz CT molecular complexity index is 1730. The fraction of sp³-hybridized carbons (Fsp3) is 0.583. The largest absolute Gasteiger partial charge is 0.459 e. The lowest BCUT2D eigenvalue weighted by atomic mass is 9.89. The minimum absolute atomic E-state index is 0.00798. The first-order valence-corrected chi connectivity index (χ1v) is 17.7. The van der Waals surface area contributed by atoms with Crippen molar-refractivity contribution in [2.75, 3.05) is 24.6 Å². The average molecular weight is 796 g/mol. The third-order valence-electron chi connectivity index (χ3n) is 9.26. The van der Waals surface area contributed by atoms with E-state index in [1.165, 1.54) is 4.90 Å². The maximum absolute atomic E-state index is 14.0. The lowest BCUT2D eigenvalue weighted by molar-refractivity contribution is -0.163. The second-order valence-corrected chi connectivity index (χ2v) is 14.5. The third-order valence-corrected chi connectivity index (χ3v) is 9.26. The smallest absolute Gasteiger partial charge is 0.416 e. The number of hydrogen-bond donors (Lipinski definition) is 1. The number of hydrogen-bond acceptors (Lipinski definition) is 9. The number of anilines is 1. The second-order valence-electron chi connectivity index (χ2n) is 14.5. The molecule has 0 spiro atoms. The van der Waals surface area contributed by atoms with Crippen molar-refractivity contribution in [3.05, 3.63) is 64.2 Å². The predicted octanol–water partition coefficient (Wildman–Crippen LogP) is 8.45. The summed E-state index contributed by atoms with van der Waals surface area (Å²) in [5, 5.41) is 3.99. The van der Waals surface area contributed by atoms with E-state index >= 15 is 0 Å². The number of fused-ring (bicyclic) bond motifs is 1. The first-order chi connectivity index (χ1) is 25.5. The molecule has 19 heteroatoms. The summed E-state index contributed by atoms with van der Waals surface area (Å²) < 4.78 is 135.